The van der Waals surface area contributed by atoms with E-state index >= 15 is 0 Å². The summed E-state index contributed by atoms with van der Waals surface area (Å²) >= 11 is 0. The summed E-state index contributed by atoms with van der Waals surface area (Å²) in [6, 6.07) is 0. The fraction of sp³-hybridized carbons (Fsp3) is 0.867. The van der Waals surface area contributed by atoms with Gasteiger partial charge in [-0.3, -0.25) is 9.59 Å². The molecule has 0 aromatic carbocycles. The normalized spacial score (nSPS) is 26.2. The van der Waals surface area contributed by atoms with Crippen LogP contribution < -0.4 is 0 Å². The molecule has 0 amide bonds. The lowest BCUT2D eigenvalue weighted by Crippen LogP contribution is -2.31. The van der Waals surface area contributed by atoms with Gasteiger partial charge in [0.25, 0.3) is 0 Å². The minimum Gasteiger partial charge on any atom is -0.460 e. The van der Waals surface area contributed by atoms with Crippen LogP contribution >= 0.6 is 0 Å². The van der Waals surface area contributed by atoms with Crippen LogP contribution in [0.1, 0.15) is 61.3 Å². The summed E-state index contributed by atoms with van der Waals surface area (Å²) in [6.07, 6.45) is 1.03. The van der Waals surface area contributed by atoms with Gasteiger partial charge in [-0.15, -0.1) is 0 Å². The van der Waals surface area contributed by atoms with E-state index in [1.807, 2.05) is 34.6 Å². The molecule has 3 heteroatoms. The van der Waals surface area contributed by atoms with E-state index in [0.29, 0.717) is 0 Å². The van der Waals surface area contributed by atoms with Crippen LogP contribution in [0.5, 0.6) is 0 Å². The first-order valence-corrected chi connectivity index (χ1v) is 6.61. The molecule has 1 atom stereocenters. The summed E-state index contributed by atoms with van der Waals surface area (Å²) in [4.78, 5) is 24.2. The number of hydrogen-bond acceptors (Lipinski definition) is 3. The summed E-state index contributed by atoms with van der Waals surface area (Å²) < 4.78 is 5.32. The van der Waals surface area contributed by atoms with E-state index in [2.05, 4.69) is 13.8 Å². The van der Waals surface area contributed by atoms with Crippen molar-refractivity contribution in [2.45, 2.75) is 66.9 Å². The molecule has 0 radical (unpaired) electrons. The first-order chi connectivity index (χ1) is 7.85. The van der Waals surface area contributed by atoms with Crippen molar-refractivity contribution in [2.75, 3.05) is 0 Å². The second-order valence-corrected chi connectivity index (χ2v) is 7.76. The Kier molecular flexibility index (Phi) is 3.68. The zero-order valence-corrected chi connectivity index (χ0v) is 12.7. The van der Waals surface area contributed by atoms with Crippen LogP contribution in [-0.4, -0.2) is 17.4 Å². The summed E-state index contributed by atoms with van der Waals surface area (Å²) in [5, 5.41) is 0. The third kappa shape index (κ3) is 3.33. The van der Waals surface area contributed by atoms with Crippen LogP contribution in [0.15, 0.2) is 0 Å². The molecule has 104 valence electrons. The molecule has 0 aromatic heterocycles. The highest BCUT2D eigenvalue weighted by Crippen LogP contribution is 2.51. The Morgan fingerprint density at radius 2 is 1.78 bits per heavy atom. The summed E-state index contributed by atoms with van der Waals surface area (Å²) in [5.41, 5.74) is -0.938. The van der Waals surface area contributed by atoms with Crippen molar-refractivity contribution in [2.24, 2.45) is 16.7 Å². The minimum absolute atomic E-state index is 0.127. The van der Waals surface area contributed by atoms with Gasteiger partial charge in [0.2, 0.25) is 0 Å². The minimum atomic E-state index is -0.488. The van der Waals surface area contributed by atoms with Crippen molar-refractivity contribution in [3.8, 4) is 0 Å². The van der Waals surface area contributed by atoms with Crippen molar-refractivity contribution >= 4 is 11.8 Å². The quantitative estimate of drug-likeness (QED) is 0.710. The highest BCUT2D eigenvalue weighted by atomic mass is 16.6. The van der Waals surface area contributed by atoms with Crippen molar-refractivity contribution in [3.05, 3.63) is 0 Å². The van der Waals surface area contributed by atoms with Gasteiger partial charge in [0, 0.05) is 11.3 Å². The molecule has 1 fully saturated rings. The third-order valence-electron chi connectivity index (χ3n) is 3.62. The van der Waals surface area contributed by atoms with Crippen molar-refractivity contribution in [1.82, 2.24) is 0 Å². The number of ketones is 1. The van der Waals surface area contributed by atoms with Crippen molar-refractivity contribution < 1.29 is 14.3 Å². The number of ether oxygens (including phenoxy) is 1. The van der Waals surface area contributed by atoms with E-state index in [4.69, 9.17) is 4.74 Å². The molecule has 0 spiro atoms. The van der Waals surface area contributed by atoms with Crippen LogP contribution in [0, 0.1) is 16.7 Å². The third-order valence-corrected chi connectivity index (χ3v) is 3.62. The number of carbonyl (C=O) groups excluding carboxylic acids is 2. The maximum absolute atomic E-state index is 12.3. The largest absolute Gasteiger partial charge is 0.460 e. The second-order valence-electron chi connectivity index (χ2n) is 7.76. The summed E-state index contributed by atoms with van der Waals surface area (Å²) in [6.45, 7) is 13.6. The second kappa shape index (κ2) is 4.36. The number of esters is 1. The smallest absolute Gasteiger partial charge is 0.307 e. The molecule has 1 aliphatic carbocycles. The Morgan fingerprint density at radius 1 is 1.28 bits per heavy atom. The van der Waals surface area contributed by atoms with Crippen LogP contribution in [0.3, 0.4) is 0 Å². The van der Waals surface area contributed by atoms with Gasteiger partial charge in [-0.05, 0) is 32.6 Å². The van der Waals surface area contributed by atoms with Gasteiger partial charge in [-0.1, -0.05) is 27.7 Å². The van der Waals surface area contributed by atoms with E-state index in [1.54, 1.807) is 0 Å². The standard InChI is InChI=1S/C15H26O3/c1-13(2,3)18-11(16)8-10-12(17)15(6,7)9-14(10,4)5/h10H,8-9H2,1-7H3/t10-/m0/s1. The molecule has 0 N–H and O–H groups in total. The molecule has 1 rings (SSSR count). The first-order valence-electron chi connectivity index (χ1n) is 6.61. The fourth-order valence-corrected chi connectivity index (χ4v) is 3.09. The Balaban J connectivity index is 2.78. The maximum atomic E-state index is 12.3. The molecule has 0 saturated heterocycles. The number of Topliss-reactive ketones (excluding diaryl/α,β-unsaturated/α-hetero) is 1. The average Bonchev–Trinajstić information content (AvgIpc) is 2.20. The van der Waals surface area contributed by atoms with Crippen LogP contribution in [0.4, 0.5) is 0 Å². The predicted octanol–water partition coefficient (Wildman–Crippen LogP) is 3.36. The van der Waals surface area contributed by atoms with Crippen LogP contribution in [0.25, 0.3) is 0 Å². The SMILES string of the molecule is CC(C)(C)OC(=O)C[C@H]1C(=O)C(C)(C)CC1(C)C. The molecule has 0 heterocycles. The summed E-state index contributed by atoms with van der Waals surface area (Å²) in [7, 11) is 0. The molecule has 1 saturated carbocycles. The number of hydrogen-bond donors (Lipinski definition) is 0. The number of carbonyl (C=O) groups is 2. The lowest BCUT2D eigenvalue weighted by Gasteiger charge is -2.26. The van der Waals surface area contributed by atoms with Crippen molar-refractivity contribution in [1.29, 1.82) is 0 Å². The topological polar surface area (TPSA) is 43.4 Å². The fourth-order valence-electron chi connectivity index (χ4n) is 3.09. The van der Waals surface area contributed by atoms with E-state index < -0.39 is 5.60 Å². The molecular weight excluding hydrogens is 228 g/mol. The predicted molar refractivity (Wildman–Crippen MR) is 71.1 cm³/mol. The Hall–Kier alpha value is -0.860. The molecule has 0 unspecified atom stereocenters. The van der Waals surface area contributed by atoms with E-state index in [0.717, 1.165) is 6.42 Å². The van der Waals surface area contributed by atoms with E-state index in [1.165, 1.54) is 0 Å². The lowest BCUT2D eigenvalue weighted by atomic mass is 9.79. The average molecular weight is 254 g/mol. The maximum Gasteiger partial charge on any atom is 0.307 e. The van der Waals surface area contributed by atoms with Gasteiger partial charge < -0.3 is 4.74 Å². The van der Waals surface area contributed by atoms with Crippen LogP contribution in [0.2, 0.25) is 0 Å². The lowest BCUT2D eigenvalue weighted by molar-refractivity contribution is -0.158. The van der Waals surface area contributed by atoms with Gasteiger partial charge in [0.05, 0.1) is 6.42 Å². The monoisotopic (exact) mass is 254 g/mol. The molecule has 0 bridgehead atoms. The summed E-state index contributed by atoms with van der Waals surface area (Å²) in [5.74, 6) is -0.299. The van der Waals surface area contributed by atoms with Crippen LogP contribution in [-0.2, 0) is 14.3 Å². The molecular formula is C15H26O3. The molecule has 0 aliphatic heterocycles. The Labute approximate surface area is 110 Å². The molecule has 1 aliphatic rings. The van der Waals surface area contributed by atoms with E-state index in [-0.39, 0.29) is 34.9 Å². The molecule has 0 aromatic rings. The molecule has 3 nitrogen and oxygen atoms in total. The highest BCUT2D eigenvalue weighted by Gasteiger charge is 2.52. The van der Waals surface area contributed by atoms with Gasteiger partial charge >= 0.3 is 5.97 Å². The highest BCUT2D eigenvalue weighted by molar-refractivity contribution is 5.92. The first kappa shape index (κ1) is 15.2. The van der Waals surface area contributed by atoms with Gasteiger partial charge in [0.15, 0.2) is 0 Å². The van der Waals surface area contributed by atoms with E-state index in [9.17, 15) is 9.59 Å². The Bertz CT molecular complexity index is 358. The zero-order chi connectivity index (χ0) is 14.4. The number of rotatable bonds is 2. The van der Waals surface area contributed by atoms with Gasteiger partial charge in [0.1, 0.15) is 11.4 Å². The Morgan fingerprint density at radius 3 is 2.11 bits per heavy atom. The van der Waals surface area contributed by atoms with Crippen molar-refractivity contribution in [3.63, 3.8) is 0 Å². The molecule has 18 heavy (non-hydrogen) atoms. The van der Waals surface area contributed by atoms with Gasteiger partial charge in [-0.25, -0.2) is 0 Å². The van der Waals surface area contributed by atoms with Gasteiger partial charge in [-0.2, -0.15) is 0 Å². The zero-order valence-electron chi connectivity index (χ0n) is 12.7.